The van der Waals surface area contributed by atoms with Crippen LogP contribution in [-0.2, 0) is 23.8 Å². The fourth-order valence-electron chi connectivity index (χ4n) is 3.57. The van der Waals surface area contributed by atoms with E-state index in [0.29, 0.717) is 30.3 Å². The maximum absolute atomic E-state index is 12.9. The summed E-state index contributed by atoms with van der Waals surface area (Å²) in [4.78, 5) is 38.0. The van der Waals surface area contributed by atoms with Crippen molar-refractivity contribution < 1.29 is 33.3 Å². The number of ether oxygens (including phenoxy) is 4. The standard InChI is InChI=1S/C23H31NO7/c1-23(2,3)31-22(27)24-19(25)12-11-18(21(24)26)16-7-9-17(10-8-16)28-14-15-30-20-6-4-5-13-29-20/h7-10,18,20H,4-6,11-15H2,1-3H3. The van der Waals surface area contributed by atoms with Gasteiger partial charge in [0.2, 0.25) is 11.8 Å². The topological polar surface area (TPSA) is 91.4 Å². The summed E-state index contributed by atoms with van der Waals surface area (Å²) >= 11 is 0. The highest BCUT2D eigenvalue weighted by Gasteiger charge is 2.41. The number of nitrogens with zero attached hydrogens (tertiary/aromatic N) is 1. The molecule has 2 unspecified atom stereocenters. The number of rotatable bonds is 6. The monoisotopic (exact) mass is 433 g/mol. The van der Waals surface area contributed by atoms with Gasteiger partial charge in [0, 0.05) is 13.0 Å². The third-order valence-corrected chi connectivity index (χ3v) is 5.07. The second-order valence-corrected chi connectivity index (χ2v) is 8.72. The van der Waals surface area contributed by atoms with E-state index in [-0.39, 0.29) is 12.7 Å². The zero-order valence-electron chi connectivity index (χ0n) is 18.4. The Morgan fingerprint density at radius 3 is 2.48 bits per heavy atom. The van der Waals surface area contributed by atoms with Crippen molar-refractivity contribution >= 4 is 17.9 Å². The summed E-state index contributed by atoms with van der Waals surface area (Å²) < 4.78 is 22.1. The molecule has 2 aliphatic rings. The number of piperidine rings is 1. The van der Waals surface area contributed by atoms with Gasteiger partial charge < -0.3 is 18.9 Å². The van der Waals surface area contributed by atoms with E-state index in [1.165, 1.54) is 0 Å². The molecule has 0 bridgehead atoms. The fraction of sp³-hybridized carbons (Fsp3) is 0.609. The Bertz CT molecular complexity index is 778. The summed E-state index contributed by atoms with van der Waals surface area (Å²) in [5.41, 5.74) is -0.0681. The first-order valence-electron chi connectivity index (χ1n) is 10.8. The molecule has 1 aromatic rings. The van der Waals surface area contributed by atoms with E-state index in [9.17, 15) is 14.4 Å². The van der Waals surface area contributed by atoms with Crippen LogP contribution in [0.3, 0.4) is 0 Å². The van der Waals surface area contributed by atoms with E-state index in [1.807, 2.05) is 0 Å². The normalized spacial score (nSPS) is 22.4. The second-order valence-electron chi connectivity index (χ2n) is 8.72. The molecule has 170 valence electrons. The Balaban J connectivity index is 1.53. The Kier molecular flexibility index (Phi) is 7.67. The van der Waals surface area contributed by atoms with Crippen LogP contribution in [0.4, 0.5) is 4.79 Å². The van der Waals surface area contributed by atoms with Crippen molar-refractivity contribution in [3.8, 4) is 5.75 Å². The highest BCUT2D eigenvalue weighted by Crippen LogP contribution is 2.31. The molecule has 2 heterocycles. The number of carbonyl (C=O) groups excluding carboxylic acids is 3. The van der Waals surface area contributed by atoms with E-state index >= 15 is 0 Å². The van der Waals surface area contributed by atoms with Gasteiger partial charge >= 0.3 is 6.09 Å². The second kappa shape index (κ2) is 10.2. The molecule has 2 fully saturated rings. The van der Waals surface area contributed by atoms with Gasteiger partial charge in [-0.2, -0.15) is 4.90 Å². The molecule has 2 aliphatic heterocycles. The van der Waals surface area contributed by atoms with Crippen LogP contribution in [-0.4, -0.2) is 54.5 Å². The molecule has 3 rings (SSSR count). The molecule has 3 amide bonds. The molecule has 8 heteroatoms. The van der Waals surface area contributed by atoms with Gasteiger partial charge in [0.1, 0.15) is 18.0 Å². The zero-order chi connectivity index (χ0) is 22.4. The van der Waals surface area contributed by atoms with E-state index in [0.717, 1.165) is 31.4 Å². The lowest BCUT2D eigenvalue weighted by atomic mass is 9.89. The van der Waals surface area contributed by atoms with Gasteiger partial charge in [-0.25, -0.2) is 4.79 Å². The number of hydrogen-bond acceptors (Lipinski definition) is 7. The number of likely N-dealkylation sites (tertiary alicyclic amines) is 1. The van der Waals surface area contributed by atoms with Crippen LogP contribution in [0.2, 0.25) is 0 Å². The highest BCUT2D eigenvalue weighted by molar-refractivity contribution is 6.12. The third-order valence-electron chi connectivity index (χ3n) is 5.07. The maximum atomic E-state index is 12.9. The van der Waals surface area contributed by atoms with E-state index in [2.05, 4.69) is 0 Å². The first-order valence-corrected chi connectivity index (χ1v) is 10.8. The van der Waals surface area contributed by atoms with E-state index in [1.54, 1.807) is 45.0 Å². The number of imide groups is 3. The lowest BCUT2D eigenvalue weighted by Gasteiger charge is -2.31. The minimum Gasteiger partial charge on any atom is -0.491 e. The molecule has 0 spiro atoms. The Morgan fingerprint density at radius 1 is 1.10 bits per heavy atom. The van der Waals surface area contributed by atoms with Crippen molar-refractivity contribution in [2.75, 3.05) is 19.8 Å². The average Bonchev–Trinajstić information content (AvgIpc) is 2.71. The minimum absolute atomic E-state index is 0.106. The summed E-state index contributed by atoms with van der Waals surface area (Å²) in [5.74, 6) is -1.01. The molecular formula is C23H31NO7. The van der Waals surface area contributed by atoms with Crippen LogP contribution in [0.25, 0.3) is 0 Å². The van der Waals surface area contributed by atoms with Crippen molar-refractivity contribution in [3.05, 3.63) is 29.8 Å². The molecule has 0 radical (unpaired) electrons. The van der Waals surface area contributed by atoms with Gasteiger partial charge in [-0.15, -0.1) is 0 Å². The molecule has 0 N–H and O–H groups in total. The van der Waals surface area contributed by atoms with Crippen LogP contribution in [0, 0.1) is 0 Å². The van der Waals surface area contributed by atoms with Gasteiger partial charge in [0.25, 0.3) is 0 Å². The first kappa shape index (κ1) is 23.2. The smallest absolute Gasteiger partial charge is 0.424 e. The summed E-state index contributed by atoms with van der Waals surface area (Å²) in [5, 5.41) is 0. The lowest BCUT2D eigenvalue weighted by Crippen LogP contribution is -2.49. The van der Waals surface area contributed by atoms with Gasteiger partial charge in [-0.1, -0.05) is 12.1 Å². The van der Waals surface area contributed by atoms with Crippen molar-refractivity contribution in [1.29, 1.82) is 0 Å². The van der Waals surface area contributed by atoms with Crippen LogP contribution in [0.5, 0.6) is 5.75 Å². The Morgan fingerprint density at radius 2 is 1.84 bits per heavy atom. The Labute approximate surface area is 182 Å². The molecule has 0 saturated carbocycles. The maximum Gasteiger partial charge on any atom is 0.424 e. The predicted octanol–water partition coefficient (Wildman–Crippen LogP) is 3.78. The van der Waals surface area contributed by atoms with Crippen LogP contribution >= 0.6 is 0 Å². The fourth-order valence-corrected chi connectivity index (χ4v) is 3.57. The summed E-state index contributed by atoms with van der Waals surface area (Å²) in [6, 6.07) is 7.11. The van der Waals surface area contributed by atoms with Crippen LogP contribution in [0.15, 0.2) is 24.3 Å². The SMILES string of the molecule is CC(C)(C)OC(=O)N1C(=O)CCC(c2ccc(OCCOC3CCCCO3)cc2)C1=O. The number of carbonyl (C=O) groups is 3. The molecule has 0 aromatic heterocycles. The average molecular weight is 434 g/mol. The van der Waals surface area contributed by atoms with Gasteiger partial charge in [0.05, 0.1) is 12.5 Å². The molecule has 2 atom stereocenters. The van der Waals surface area contributed by atoms with Crippen LogP contribution < -0.4 is 4.74 Å². The third kappa shape index (κ3) is 6.51. The molecule has 2 saturated heterocycles. The molecule has 31 heavy (non-hydrogen) atoms. The number of hydrogen-bond donors (Lipinski definition) is 0. The molecule has 8 nitrogen and oxygen atoms in total. The van der Waals surface area contributed by atoms with Gasteiger partial charge in [-0.3, -0.25) is 9.59 Å². The summed E-state index contributed by atoms with van der Waals surface area (Å²) in [7, 11) is 0. The summed E-state index contributed by atoms with van der Waals surface area (Å²) in [6.45, 7) is 6.63. The minimum atomic E-state index is -0.922. The molecular weight excluding hydrogens is 402 g/mol. The van der Waals surface area contributed by atoms with E-state index in [4.69, 9.17) is 18.9 Å². The molecule has 1 aromatic carbocycles. The Hall–Kier alpha value is -2.45. The number of benzene rings is 1. The first-order chi connectivity index (χ1) is 14.7. The quantitative estimate of drug-likeness (QED) is 0.498. The van der Waals surface area contributed by atoms with Gasteiger partial charge in [0.15, 0.2) is 6.29 Å². The zero-order valence-corrected chi connectivity index (χ0v) is 18.4. The predicted molar refractivity (Wildman–Crippen MR) is 112 cm³/mol. The molecule has 0 aliphatic carbocycles. The number of amides is 3. The lowest BCUT2D eigenvalue weighted by molar-refractivity contribution is -0.165. The van der Waals surface area contributed by atoms with Gasteiger partial charge in [-0.05, 0) is 64.2 Å². The van der Waals surface area contributed by atoms with Crippen molar-refractivity contribution in [2.45, 2.75) is 70.7 Å². The van der Waals surface area contributed by atoms with Crippen molar-refractivity contribution in [3.63, 3.8) is 0 Å². The summed E-state index contributed by atoms with van der Waals surface area (Å²) in [6.07, 6.45) is 2.50. The van der Waals surface area contributed by atoms with E-state index < -0.39 is 29.4 Å². The van der Waals surface area contributed by atoms with Crippen LogP contribution in [0.1, 0.15) is 64.4 Å². The van der Waals surface area contributed by atoms with Crippen molar-refractivity contribution in [1.82, 2.24) is 4.90 Å². The van der Waals surface area contributed by atoms with Crippen molar-refractivity contribution in [2.24, 2.45) is 0 Å². The highest BCUT2D eigenvalue weighted by atomic mass is 16.7. The largest absolute Gasteiger partial charge is 0.491 e.